The van der Waals surface area contributed by atoms with E-state index in [0.29, 0.717) is 10.5 Å². The fourth-order valence-corrected chi connectivity index (χ4v) is 4.51. The number of hydrogen-bond donors (Lipinski definition) is 3. The Bertz CT molecular complexity index is 1250. The molecule has 212 valence electrons. The van der Waals surface area contributed by atoms with Crippen LogP contribution in [-0.2, 0) is 16.1 Å². The molecule has 0 aliphatic carbocycles. The summed E-state index contributed by atoms with van der Waals surface area (Å²) in [6, 6.07) is 5.74. The molecule has 4 N–H and O–H groups in total. The van der Waals surface area contributed by atoms with E-state index in [2.05, 4.69) is 15.2 Å². The van der Waals surface area contributed by atoms with Gasteiger partial charge in [0, 0.05) is 10.6 Å². The number of halogens is 5. The summed E-state index contributed by atoms with van der Waals surface area (Å²) < 4.78 is 75.4. The van der Waals surface area contributed by atoms with Gasteiger partial charge in [0.1, 0.15) is 23.2 Å². The summed E-state index contributed by atoms with van der Waals surface area (Å²) in [5, 5.41) is 14.3. The van der Waals surface area contributed by atoms with Crippen molar-refractivity contribution in [3.05, 3.63) is 53.3 Å². The molecule has 39 heavy (non-hydrogen) atoms. The normalized spacial score (nSPS) is 16.5. The quantitative estimate of drug-likeness (QED) is 0.144. The largest absolute Gasteiger partial charge is 0.461 e. The molecule has 0 unspecified atom stereocenters. The van der Waals surface area contributed by atoms with E-state index in [1.165, 1.54) is 23.1 Å². The number of carbonyl (C=O) groups is 2. The number of amides is 2. The van der Waals surface area contributed by atoms with Gasteiger partial charge in [-0.2, -0.15) is 17.6 Å². The third-order valence-corrected chi connectivity index (χ3v) is 6.29. The van der Waals surface area contributed by atoms with Crippen molar-refractivity contribution < 1.29 is 46.2 Å². The highest BCUT2D eigenvalue weighted by molar-refractivity contribution is 7.99. The van der Waals surface area contributed by atoms with Gasteiger partial charge in [-0.25, -0.2) is 9.18 Å². The number of nitrogens with one attached hydrogen (secondary N) is 1. The lowest BCUT2D eigenvalue weighted by molar-refractivity contribution is -0.253. The number of carbonyl (C=O) groups excluding carboxylic acids is 2. The van der Waals surface area contributed by atoms with Crippen molar-refractivity contribution in [2.24, 2.45) is 10.9 Å². The number of alkyl carbamates (subject to hydrolysis) is 1. The van der Waals surface area contributed by atoms with Gasteiger partial charge in [0.25, 0.3) is 5.91 Å². The van der Waals surface area contributed by atoms with E-state index in [1.807, 2.05) is 0 Å². The van der Waals surface area contributed by atoms with E-state index in [4.69, 9.17) is 15.7 Å². The number of fused-ring (bicyclic) bond motifs is 1. The molecule has 1 aliphatic rings. The lowest BCUT2D eigenvalue weighted by Crippen LogP contribution is -2.50. The molecule has 0 radical (unpaired) electrons. The second-order valence-corrected chi connectivity index (χ2v) is 10.4. The maximum Gasteiger partial charge on any atom is 0.461 e. The van der Waals surface area contributed by atoms with Gasteiger partial charge >= 0.3 is 18.6 Å². The third-order valence-electron chi connectivity index (χ3n) is 5.16. The average molecular weight is 577 g/mol. The van der Waals surface area contributed by atoms with E-state index in [9.17, 15) is 31.5 Å². The summed E-state index contributed by atoms with van der Waals surface area (Å²) in [6.45, 7) is 4.70. The summed E-state index contributed by atoms with van der Waals surface area (Å²) in [7, 11) is 0. The number of benzene rings is 2. The van der Waals surface area contributed by atoms with Crippen LogP contribution in [0, 0.1) is 5.82 Å². The van der Waals surface area contributed by atoms with Crippen molar-refractivity contribution in [3.8, 4) is 5.75 Å². The molecule has 1 heterocycles. The van der Waals surface area contributed by atoms with Gasteiger partial charge in [-0.15, -0.1) is 11.8 Å². The van der Waals surface area contributed by atoms with Crippen LogP contribution in [0.3, 0.4) is 0 Å². The first-order valence-electron chi connectivity index (χ1n) is 11.3. The SMILES string of the molecule is CC(C)(C)OC(=O)N[C@H]1CSc2cc(F)c(/C(N)=N/O)cc2N(Cc2ccc(OC(F)(F)C(F)F)cc2)C1=O. The second kappa shape index (κ2) is 11.6. The number of amidine groups is 1. The maximum atomic E-state index is 14.7. The number of alkyl halides is 4. The zero-order chi connectivity index (χ0) is 29.1. The molecule has 0 saturated heterocycles. The van der Waals surface area contributed by atoms with Crippen LogP contribution in [0.2, 0.25) is 0 Å². The smallest absolute Gasteiger partial charge is 0.444 e. The zero-order valence-electron chi connectivity index (χ0n) is 20.9. The number of oxime groups is 1. The molecule has 9 nitrogen and oxygen atoms in total. The molecule has 0 aromatic heterocycles. The van der Waals surface area contributed by atoms with Crippen LogP contribution >= 0.6 is 11.8 Å². The predicted octanol–water partition coefficient (Wildman–Crippen LogP) is 4.69. The average Bonchev–Trinajstić information content (AvgIpc) is 2.95. The summed E-state index contributed by atoms with van der Waals surface area (Å²) >= 11 is 1.06. The third kappa shape index (κ3) is 7.43. The van der Waals surface area contributed by atoms with E-state index in [-0.39, 0.29) is 23.5 Å². The van der Waals surface area contributed by atoms with E-state index in [0.717, 1.165) is 30.0 Å². The minimum absolute atomic E-state index is 0.000572. The van der Waals surface area contributed by atoms with Crippen molar-refractivity contribution in [1.82, 2.24) is 5.32 Å². The number of ether oxygens (including phenoxy) is 2. The Hall–Kier alpha value is -3.75. The molecule has 0 bridgehead atoms. The Morgan fingerprint density at radius 1 is 1.26 bits per heavy atom. The fraction of sp³-hybridized carbons (Fsp3) is 0.375. The first-order valence-corrected chi connectivity index (χ1v) is 12.3. The van der Waals surface area contributed by atoms with Gasteiger partial charge in [0.2, 0.25) is 0 Å². The Balaban J connectivity index is 1.97. The molecule has 0 saturated carbocycles. The van der Waals surface area contributed by atoms with Crippen LogP contribution in [-0.4, -0.2) is 53.0 Å². The number of anilines is 1. The molecular formula is C24H25F5N4O5S. The lowest BCUT2D eigenvalue weighted by atomic mass is 10.1. The fourth-order valence-electron chi connectivity index (χ4n) is 3.43. The molecule has 2 aromatic rings. The van der Waals surface area contributed by atoms with Crippen LogP contribution in [0.15, 0.2) is 46.4 Å². The molecule has 3 rings (SSSR count). The minimum Gasteiger partial charge on any atom is -0.444 e. The van der Waals surface area contributed by atoms with Crippen molar-refractivity contribution in [1.29, 1.82) is 0 Å². The van der Waals surface area contributed by atoms with Crippen LogP contribution in [0.1, 0.15) is 31.9 Å². The van der Waals surface area contributed by atoms with Gasteiger partial charge in [-0.3, -0.25) is 4.79 Å². The first-order chi connectivity index (χ1) is 18.1. The summed E-state index contributed by atoms with van der Waals surface area (Å²) in [5.41, 5.74) is 4.94. The Kier molecular flexibility index (Phi) is 8.83. The Labute approximate surface area is 224 Å². The topological polar surface area (TPSA) is 126 Å². The summed E-state index contributed by atoms with van der Waals surface area (Å²) in [5.74, 6) is -2.55. The van der Waals surface area contributed by atoms with Crippen LogP contribution in [0.5, 0.6) is 5.75 Å². The van der Waals surface area contributed by atoms with Gasteiger partial charge < -0.3 is 30.6 Å². The zero-order valence-corrected chi connectivity index (χ0v) is 21.7. The number of nitrogens with two attached hydrogens (primary N) is 1. The van der Waals surface area contributed by atoms with Gasteiger partial charge in [0.15, 0.2) is 5.84 Å². The molecule has 0 fully saturated rings. The lowest BCUT2D eigenvalue weighted by Gasteiger charge is -2.27. The number of nitrogens with zero attached hydrogens (tertiary/aromatic N) is 2. The first kappa shape index (κ1) is 29.8. The highest BCUT2D eigenvalue weighted by Gasteiger charge is 2.44. The molecule has 0 spiro atoms. The van der Waals surface area contributed by atoms with E-state index >= 15 is 0 Å². The van der Waals surface area contributed by atoms with Crippen molar-refractivity contribution >= 4 is 35.3 Å². The summed E-state index contributed by atoms with van der Waals surface area (Å²) in [4.78, 5) is 27.5. The minimum atomic E-state index is -4.70. The Morgan fingerprint density at radius 3 is 2.46 bits per heavy atom. The number of rotatable bonds is 7. The van der Waals surface area contributed by atoms with Crippen LogP contribution in [0.25, 0.3) is 0 Å². The van der Waals surface area contributed by atoms with Crippen LogP contribution < -0.4 is 20.7 Å². The molecule has 15 heteroatoms. The maximum absolute atomic E-state index is 14.7. The molecule has 1 aliphatic heterocycles. The molecule has 2 amide bonds. The van der Waals surface area contributed by atoms with Gasteiger partial charge in [-0.1, -0.05) is 17.3 Å². The van der Waals surface area contributed by atoms with Crippen LogP contribution in [0.4, 0.5) is 32.4 Å². The number of thioether (sulfide) groups is 1. The highest BCUT2D eigenvalue weighted by Crippen LogP contribution is 2.37. The van der Waals surface area contributed by atoms with Crippen molar-refractivity contribution in [2.75, 3.05) is 10.7 Å². The second-order valence-electron chi connectivity index (χ2n) is 9.33. The monoisotopic (exact) mass is 576 g/mol. The predicted molar refractivity (Wildman–Crippen MR) is 132 cm³/mol. The van der Waals surface area contributed by atoms with Crippen molar-refractivity contribution in [3.63, 3.8) is 0 Å². The summed E-state index contributed by atoms with van der Waals surface area (Å²) in [6.07, 6.45) is -9.61. The van der Waals surface area contributed by atoms with Gasteiger partial charge in [0.05, 0.1) is 17.8 Å². The highest BCUT2D eigenvalue weighted by atomic mass is 32.2. The molecule has 2 aromatic carbocycles. The molecule has 1 atom stereocenters. The van der Waals surface area contributed by atoms with Crippen molar-refractivity contribution in [2.45, 2.75) is 56.4 Å². The number of hydrogen-bond acceptors (Lipinski definition) is 7. The Morgan fingerprint density at radius 2 is 1.90 bits per heavy atom. The van der Waals surface area contributed by atoms with E-state index in [1.54, 1.807) is 20.8 Å². The van der Waals surface area contributed by atoms with Gasteiger partial charge in [-0.05, 0) is 50.6 Å². The standard InChI is InChI=1S/C24H25F5N4O5S/c1-23(2,3)38-22(35)31-16-11-39-18-9-15(25)14(19(30)32-36)8-17(18)33(20(16)34)10-12-4-6-13(7-5-12)37-24(28,29)21(26)27/h4-9,16,21,36H,10-11H2,1-3H3,(H2,30,32)(H,31,35)/t16-/m0/s1. The molecular weight excluding hydrogens is 551 g/mol. The van der Waals surface area contributed by atoms with E-state index < -0.39 is 53.6 Å².